The molecular formula is C5H5N5S. The minimum atomic E-state index is 0.664. The predicted octanol–water partition coefficient (Wildman–Crippen LogP) is 0.632. The largest absolute Gasteiger partial charge is 0.263 e. The molecule has 2 aromatic rings. The zero-order valence-corrected chi connectivity index (χ0v) is 6.59. The lowest BCUT2D eigenvalue weighted by atomic mass is 10.5. The summed E-state index contributed by atoms with van der Waals surface area (Å²) in [7, 11) is 0. The molecule has 56 valence electrons. The van der Waals surface area contributed by atoms with E-state index in [1.165, 1.54) is 11.5 Å². The van der Waals surface area contributed by atoms with Crippen LogP contribution in [0.2, 0.25) is 0 Å². The van der Waals surface area contributed by atoms with Gasteiger partial charge in [0.05, 0.1) is 6.20 Å². The summed E-state index contributed by atoms with van der Waals surface area (Å²) in [4.78, 5) is 5.00. The van der Waals surface area contributed by atoms with Crippen molar-refractivity contribution in [1.82, 2.24) is 24.8 Å². The van der Waals surface area contributed by atoms with Gasteiger partial charge in [-0.05, 0) is 18.5 Å². The van der Waals surface area contributed by atoms with Crippen LogP contribution in [0.1, 0.15) is 5.82 Å². The molecule has 2 rings (SSSR count). The van der Waals surface area contributed by atoms with E-state index in [9.17, 15) is 0 Å². The van der Waals surface area contributed by atoms with Gasteiger partial charge in [-0.1, -0.05) is 4.49 Å². The van der Waals surface area contributed by atoms with Gasteiger partial charge in [0.25, 0.3) is 0 Å². The molecule has 0 aliphatic carbocycles. The van der Waals surface area contributed by atoms with Gasteiger partial charge in [-0.15, -0.1) is 5.10 Å². The molecule has 0 aromatic carbocycles. The first-order valence-electron chi connectivity index (χ1n) is 3.03. The van der Waals surface area contributed by atoms with Crippen molar-refractivity contribution in [3.8, 4) is 10.7 Å². The van der Waals surface area contributed by atoms with Crippen LogP contribution in [0.4, 0.5) is 0 Å². The van der Waals surface area contributed by atoms with Gasteiger partial charge in [0.2, 0.25) is 0 Å². The van der Waals surface area contributed by atoms with Crippen LogP contribution in [-0.4, -0.2) is 24.8 Å². The summed E-state index contributed by atoms with van der Waals surface area (Å²) in [6, 6.07) is 0. The number of hydrogen-bond donors (Lipinski definition) is 1. The van der Waals surface area contributed by atoms with Crippen LogP contribution >= 0.6 is 11.5 Å². The van der Waals surface area contributed by atoms with E-state index >= 15 is 0 Å². The highest BCUT2D eigenvalue weighted by Crippen LogP contribution is 2.15. The number of nitrogens with one attached hydrogen (secondary N) is 1. The van der Waals surface area contributed by atoms with Gasteiger partial charge in [0.15, 0.2) is 5.82 Å². The van der Waals surface area contributed by atoms with Crippen LogP contribution in [0.5, 0.6) is 0 Å². The van der Waals surface area contributed by atoms with Crippen LogP contribution in [0, 0.1) is 6.92 Å². The number of nitrogens with zero attached hydrogens (tertiary/aromatic N) is 4. The topological polar surface area (TPSA) is 67.3 Å². The maximum Gasteiger partial charge on any atom is 0.194 e. The molecule has 0 saturated heterocycles. The van der Waals surface area contributed by atoms with Crippen molar-refractivity contribution in [2.24, 2.45) is 0 Å². The van der Waals surface area contributed by atoms with Crippen molar-refractivity contribution >= 4 is 11.5 Å². The molecule has 0 amide bonds. The van der Waals surface area contributed by atoms with Gasteiger partial charge >= 0.3 is 0 Å². The van der Waals surface area contributed by atoms with Crippen molar-refractivity contribution in [1.29, 1.82) is 0 Å². The van der Waals surface area contributed by atoms with Crippen LogP contribution in [0.15, 0.2) is 6.20 Å². The highest BCUT2D eigenvalue weighted by atomic mass is 32.1. The molecule has 0 atom stereocenters. The number of aryl methyl sites for hydroxylation is 1. The number of hydrogen-bond acceptors (Lipinski definition) is 5. The third-order valence-corrected chi connectivity index (χ3v) is 1.84. The van der Waals surface area contributed by atoms with E-state index in [1.807, 2.05) is 6.92 Å². The lowest BCUT2D eigenvalue weighted by Gasteiger charge is -1.79. The van der Waals surface area contributed by atoms with Crippen LogP contribution in [0.25, 0.3) is 10.7 Å². The molecule has 0 spiro atoms. The Hall–Kier alpha value is -1.30. The second kappa shape index (κ2) is 2.39. The van der Waals surface area contributed by atoms with E-state index in [0.717, 1.165) is 10.7 Å². The quantitative estimate of drug-likeness (QED) is 0.676. The fourth-order valence-electron chi connectivity index (χ4n) is 0.719. The Bertz CT molecular complexity index is 337. The summed E-state index contributed by atoms with van der Waals surface area (Å²) < 4.78 is 3.71. The summed E-state index contributed by atoms with van der Waals surface area (Å²) in [5.74, 6) is 1.46. The Morgan fingerprint density at radius 1 is 1.55 bits per heavy atom. The van der Waals surface area contributed by atoms with Crippen LogP contribution in [0.3, 0.4) is 0 Å². The minimum Gasteiger partial charge on any atom is -0.263 e. The zero-order chi connectivity index (χ0) is 7.68. The Labute approximate surface area is 66.7 Å². The lowest BCUT2D eigenvalue weighted by molar-refractivity contribution is 1.04. The van der Waals surface area contributed by atoms with Crippen molar-refractivity contribution in [3.05, 3.63) is 12.0 Å². The second-order valence-corrected chi connectivity index (χ2v) is 2.81. The van der Waals surface area contributed by atoms with Gasteiger partial charge < -0.3 is 0 Å². The average molecular weight is 167 g/mol. The second-order valence-electron chi connectivity index (χ2n) is 2.03. The summed E-state index contributed by atoms with van der Waals surface area (Å²) in [6.07, 6.45) is 1.65. The summed E-state index contributed by atoms with van der Waals surface area (Å²) in [6.45, 7) is 1.85. The molecule has 0 saturated carbocycles. The normalized spacial score (nSPS) is 10.3. The maximum absolute atomic E-state index is 4.12. The molecule has 6 heteroatoms. The van der Waals surface area contributed by atoms with Crippen molar-refractivity contribution in [2.45, 2.75) is 6.92 Å². The maximum atomic E-state index is 4.12. The first-order valence-corrected chi connectivity index (χ1v) is 3.80. The molecular weight excluding hydrogens is 162 g/mol. The third kappa shape index (κ3) is 1.12. The van der Waals surface area contributed by atoms with Gasteiger partial charge in [-0.3, -0.25) is 5.10 Å². The van der Waals surface area contributed by atoms with E-state index in [0.29, 0.717) is 5.82 Å². The monoisotopic (exact) mass is 167 g/mol. The average Bonchev–Trinajstić information content (AvgIpc) is 2.55. The number of aromatic amines is 1. The molecule has 0 aliphatic heterocycles. The Morgan fingerprint density at radius 2 is 2.45 bits per heavy atom. The van der Waals surface area contributed by atoms with E-state index < -0.39 is 0 Å². The minimum absolute atomic E-state index is 0.664. The van der Waals surface area contributed by atoms with Crippen LogP contribution in [-0.2, 0) is 0 Å². The smallest absolute Gasteiger partial charge is 0.194 e. The first-order chi connectivity index (χ1) is 5.36. The molecule has 2 heterocycles. The molecule has 0 fully saturated rings. The molecule has 0 unspecified atom stereocenters. The molecule has 0 bridgehead atoms. The first kappa shape index (κ1) is 6.41. The fraction of sp³-hybridized carbons (Fsp3) is 0.200. The summed E-state index contributed by atoms with van der Waals surface area (Å²) in [5, 5.41) is 10.4. The number of H-pyrrole nitrogens is 1. The fourth-order valence-corrected chi connectivity index (χ4v) is 1.17. The molecule has 11 heavy (non-hydrogen) atoms. The van der Waals surface area contributed by atoms with E-state index in [-0.39, 0.29) is 0 Å². The molecule has 0 aliphatic rings. The molecule has 5 nitrogen and oxygen atoms in total. The highest BCUT2D eigenvalue weighted by Gasteiger charge is 2.04. The predicted molar refractivity (Wildman–Crippen MR) is 40.0 cm³/mol. The Kier molecular flexibility index (Phi) is 1.39. The zero-order valence-electron chi connectivity index (χ0n) is 5.77. The van der Waals surface area contributed by atoms with Gasteiger partial charge in [-0.25, -0.2) is 4.98 Å². The van der Waals surface area contributed by atoms with E-state index in [1.54, 1.807) is 6.20 Å². The number of rotatable bonds is 1. The van der Waals surface area contributed by atoms with Gasteiger partial charge in [0, 0.05) is 0 Å². The summed E-state index contributed by atoms with van der Waals surface area (Å²) >= 11 is 1.28. The Morgan fingerprint density at radius 3 is 3.00 bits per heavy atom. The number of aromatic nitrogens is 5. The molecule has 1 N–H and O–H groups in total. The third-order valence-electron chi connectivity index (χ3n) is 1.18. The van der Waals surface area contributed by atoms with Crippen molar-refractivity contribution < 1.29 is 0 Å². The molecule has 0 radical (unpaired) electrons. The van der Waals surface area contributed by atoms with E-state index in [2.05, 4.69) is 24.8 Å². The van der Waals surface area contributed by atoms with Crippen molar-refractivity contribution in [2.75, 3.05) is 0 Å². The highest BCUT2D eigenvalue weighted by molar-refractivity contribution is 7.09. The SMILES string of the molecule is Cc1nc(-c2cnns2)n[nH]1. The van der Waals surface area contributed by atoms with Gasteiger partial charge in [0.1, 0.15) is 10.7 Å². The summed E-state index contributed by atoms with van der Waals surface area (Å²) in [5.41, 5.74) is 0. The van der Waals surface area contributed by atoms with Gasteiger partial charge in [-0.2, -0.15) is 5.10 Å². The van der Waals surface area contributed by atoms with Crippen molar-refractivity contribution in [3.63, 3.8) is 0 Å². The molecule has 2 aromatic heterocycles. The Balaban J connectivity index is 2.45. The standard InChI is InChI=1S/C5H5N5S/c1-3-7-5(9-8-3)4-2-6-10-11-4/h2H,1H3,(H,7,8,9). The lowest BCUT2D eigenvalue weighted by Crippen LogP contribution is -1.73. The van der Waals surface area contributed by atoms with E-state index in [4.69, 9.17) is 0 Å². The van der Waals surface area contributed by atoms with Crippen LogP contribution < -0.4 is 0 Å².